The highest BCUT2D eigenvalue weighted by Crippen LogP contribution is 2.14. The molecular formula is C14H16ClN3O3S. The van der Waals surface area contributed by atoms with Crippen molar-refractivity contribution in [3.63, 3.8) is 0 Å². The minimum absolute atomic E-state index is 0.0462. The van der Waals surface area contributed by atoms with E-state index < -0.39 is 22.0 Å². The lowest BCUT2D eigenvalue weighted by Gasteiger charge is -2.14. The number of rotatable bonds is 4. The minimum Gasteiger partial charge on any atom is -0.271 e. The molecule has 0 radical (unpaired) electrons. The van der Waals surface area contributed by atoms with Crippen molar-refractivity contribution in [1.82, 2.24) is 14.5 Å². The Bertz CT molecular complexity index is 797. The number of sulfonamides is 1. The highest BCUT2D eigenvalue weighted by Gasteiger charge is 2.24. The number of nitrogens with zero attached hydrogens (tertiary/aromatic N) is 2. The van der Waals surface area contributed by atoms with E-state index in [9.17, 15) is 13.2 Å². The van der Waals surface area contributed by atoms with Gasteiger partial charge in [-0.3, -0.25) is 4.79 Å². The van der Waals surface area contributed by atoms with Crippen LogP contribution in [0.5, 0.6) is 0 Å². The molecule has 0 aliphatic rings. The molecule has 22 heavy (non-hydrogen) atoms. The molecule has 0 saturated carbocycles. The third kappa shape index (κ3) is 3.55. The second-order valence-corrected chi connectivity index (χ2v) is 7.12. The summed E-state index contributed by atoms with van der Waals surface area (Å²) in [6, 6.07) is 6.51. The third-order valence-corrected chi connectivity index (χ3v) is 4.85. The minimum atomic E-state index is -3.81. The van der Waals surface area contributed by atoms with Crippen LogP contribution in [0.4, 0.5) is 0 Å². The molecule has 2 aromatic rings. The predicted octanol–water partition coefficient (Wildman–Crippen LogP) is 2.16. The smallest absolute Gasteiger partial charge is 0.264 e. The van der Waals surface area contributed by atoms with E-state index in [1.165, 1.54) is 35.9 Å². The monoisotopic (exact) mass is 341 g/mol. The van der Waals surface area contributed by atoms with E-state index in [1.807, 2.05) is 0 Å². The van der Waals surface area contributed by atoms with Gasteiger partial charge in [-0.2, -0.15) is 9.82 Å². The molecular weight excluding hydrogens is 326 g/mol. The summed E-state index contributed by atoms with van der Waals surface area (Å²) in [5, 5.41) is 4.50. The SMILES string of the molecule is Cc1cc(C)n(C(=O)C(C)NS(=O)(=O)c2ccc(Cl)cc2)n1. The molecule has 0 aliphatic carbocycles. The fraction of sp³-hybridized carbons (Fsp3) is 0.286. The number of benzene rings is 1. The zero-order valence-corrected chi connectivity index (χ0v) is 13.9. The van der Waals surface area contributed by atoms with Crippen molar-refractivity contribution in [3.05, 3.63) is 46.7 Å². The maximum Gasteiger partial charge on any atom is 0.264 e. The molecule has 0 saturated heterocycles. The maximum absolute atomic E-state index is 12.3. The van der Waals surface area contributed by atoms with Crippen LogP contribution in [0.3, 0.4) is 0 Å². The van der Waals surface area contributed by atoms with Crippen LogP contribution < -0.4 is 4.72 Å². The second-order valence-electron chi connectivity index (χ2n) is 4.97. The first-order valence-electron chi connectivity index (χ1n) is 6.56. The van der Waals surface area contributed by atoms with Crippen LogP contribution in [-0.2, 0) is 10.0 Å². The maximum atomic E-state index is 12.3. The molecule has 1 N–H and O–H groups in total. The number of carbonyl (C=O) groups is 1. The number of aromatic nitrogens is 2. The number of nitrogens with one attached hydrogen (secondary N) is 1. The van der Waals surface area contributed by atoms with Gasteiger partial charge in [0, 0.05) is 10.7 Å². The van der Waals surface area contributed by atoms with E-state index in [0.717, 1.165) is 0 Å². The highest BCUT2D eigenvalue weighted by atomic mass is 35.5. The molecule has 8 heteroatoms. The molecule has 6 nitrogen and oxygen atoms in total. The van der Waals surface area contributed by atoms with E-state index in [2.05, 4.69) is 9.82 Å². The van der Waals surface area contributed by atoms with Crippen molar-refractivity contribution in [2.75, 3.05) is 0 Å². The second kappa shape index (κ2) is 6.20. The fourth-order valence-electron chi connectivity index (χ4n) is 2.00. The predicted molar refractivity (Wildman–Crippen MR) is 83.6 cm³/mol. The Morgan fingerprint density at radius 2 is 1.86 bits per heavy atom. The molecule has 0 spiro atoms. The van der Waals surface area contributed by atoms with Gasteiger partial charge in [0.05, 0.1) is 10.6 Å². The lowest BCUT2D eigenvalue weighted by Crippen LogP contribution is -2.41. The lowest BCUT2D eigenvalue weighted by molar-refractivity contribution is 0.0860. The molecule has 1 atom stereocenters. The van der Waals surface area contributed by atoms with Gasteiger partial charge in [0.2, 0.25) is 10.0 Å². The third-order valence-electron chi connectivity index (χ3n) is 3.04. The molecule has 2 rings (SSSR count). The average Bonchev–Trinajstić information content (AvgIpc) is 2.76. The molecule has 1 unspecified atom stereocenters. The molecule has 0 bridgehead atoms. The molecule has 0 amide bonds. The molecule has 1 aromatic heterocycles. The van der Waals surface area contributed by atoms with Gasteiger partial charge in [0.25, 0.3) is 5.91 Å². The Morgan fingerprint density at radius 1 is 1.27 bits per heavy atom. The van der Waals surface area contributed by atoms with Crippen LogP contribution >= 0.6 is 11.6 Å². The Hall–Kier alpha value is -1.70. The topological polar surface area (TPSA) is 81.1 Å². The van der Waals surface area contributed by atoms with E-state index >= 15 is 0 Å². The summed E-state index contributed by atoms with van der Waals surface area (Å²) in [7, 11) is -3.81. The standard InChI is InChI=1S/C14H16ClN3O3S/c1-9-8-10(2)18(16-9)14(19)11(3)17-22(20,21)13-6-4-12(15)5-7-13/h4-8,11,17H,1-3H3. The summed E-state index contributed by atoms with van der Waals surface area (Å²) >= 11 is 5.74. The van der Waals surface area contributed by atoms with E-state index in [0.29, 0.717) is 16.4 Å². The molecule has 118 valence electrons. The van der Waals surface area contributed by atoms with Crippen LogP contribution in [0.15, 0.2) is 35.2 Å². The van der Waals surface area contributed by atoms with Crippen molar-refractivity contribution in [3.8, 4) is 0 Å². The number of aryl methyl sites for hydroxylation is 2. The Morgan fingerprint density at radius 3 is 2.36 bits per heavy atom. The van der Waals surface area contributed by atoms with E-state index in [1.54, 1.807) is 19.9 Å². The Kier molecular flexibility index (Phi) is 4.69. The molecule has 0 fully saturated rings. The summed E-state index contributed by atoms with van der Waals surface area (Å²) < 4.78 is 28.0. The number of halogens is 1. The van der Waals surface area contributed by atoms with Gasteiger partial charge in [-0.25, -0.2) is 13.1 Å². The molecule has 1 heterocycles. The zero-order chi connectivity index (χ0) is 16.5. The van der Waals surface area contributed by atoms with Crippen molar-refractivity contribution >= 4 is 27.5 Å². The average molecular weight is 342 g/mol. The van der Waals surface area contributed by atoms with Crippen LogP contribution in [0, 0.1) is 13.8 Å². The van der Waals surface area contributed by atoms with Gasteiger partial charge < -0.3 is 0 Å². The van der Waals surface area contributed by atoms with Gasteiger partial charge in [-0.1, -0.05) is 11.6 Å². The summed E-state index contributed by atoms with van der Waals surface area (Å²) in [4.78, 5) is 12.3. The first-order chi connectivity index (χ1) is 10.2. The summed E-state index contributed by atoms with van der Waals surface area (Å²) in [5.74, 6) is -0.442. The van der Waals surface area contributed by atoms with Gasteiger partial charge in [0.1, 0.15) is 6.04 Å². The van der Waals surface area contributed by atoms with Gasteiger partial charge in [-0.15, -0.1) is 0 Å². The van der Waals surface area contributed by atoms with Crippen molar-refractivity contribution in [1.29, 1.82) is 0 Å². The number of hydrogen-bond donors (Lipinski definition) is 1. The van der Waals surface area contributed by atoms with Gasteiger partial charge in [0.15, 0.2) is 0 Å². The van der Waals surface area contributed by atoms with Crippen molar-refractivity contribution in [2.45, 2.75) is 31.7 Å². The van der Waals surface area contributed by atoms with Gasteiger partial charge >= 0.3 is 0 Å². The first kappa shape index (κ1) is 16.7. The van der Waals surface area contributed by atoms with Gasteiger partial charge in [-0.05, 0) is 51.1 Å². The largest absolute Gasteiger partial charge is 0.271 e. The molecule has 0 aliphatic heterocycles. The van der Waals surface area contributed by atoms with Crippen molar-refractivity contribution in [2.24, 2.45) is 0 Å². The number of hydrogen-bond acceptors (Lipinski definition) is 4. The Balaban J connectivity index is 2.20. The number of carbonyl (C=O) groups excluding carboxylic acids is 1. The quantitative estimate of drug-likeness (QED) is 0.924. The summed E-state index contributed by atoms with van der Waals surface area (Å²) in [6.45, 7) is 4.98. The summed E-state index contributed by atoms with van der Waals surface area (Å²) in [6.07, 6.45) is 0. The summed E-state index contributed by atoms with van der Waals surface area (Å²) in [5.41, 5.74) is 1.35. The Labute approximate surface area is 134 Å². The normalized spacial score (nSPS) is 13.1. The van der Waals surface area contributed by atoms with E-state index in [-0.39, 0.29) is 4.90 Å². The van der Waals surface area contributed by atoms with E-state index in [4.69, 9.17) is 11.6 Å². The van der Waals surface area contributed by atoms with Crippen LogP contribution in [-0.4, -0.2) is 30.1 Å². The fourth-order valence-corrected chi connectivity index (χ4v) is 3.32. The van der Waals surface area contributed by atoms with Crippen LogP contribution in [0.2, 0.25) is 5.02 Å². The molecule has 1 aromatic carbocycles. The van der Waals surface area contributed by atoms with Crippen molar-refractivity contribution < 1.29 is 13.2 Å². The van der Waals surface area contributed by atoms with Crippen LogP contribution in [0.25, 0.3) is 0 Å². The lowest BCUT2D eigenvalue weighted by atomic mass is 10.3. The zero-order valence-electron chi connectivity index (χ0n) is 12.4. The highest BCUT2D eigenvalue weighted by molar-refractivity contribution is 7.89. The van der Waals surface area contributed by atoms with Crippen LogP contribution in [0.1, 0.15) is 23.1 Å². The first-order valence-corrected chi connectivity index (χ1v) is 8.42.